The van der Waals surface area contributed by atoms with Crippen LogP contribution in [0.5, 0.6) is 0 Å². The zero-order valence-corrected chi connectivity index (χ0v) is 12.5. The fraction of sp³-hybridized carbons (Fsp3) is 0.700. The second-order valence-corrected chi connectivity index (χ2v) is 8.82. The van der Waals surface area contributed by atoms with Crippen LogP contribution in [0.1, 0.15) is 32.6 Å². The third kappa shape index (κ3) is 12.4. The van der Waals surface area contributed by atoms with Crippen molar-refractivity contribution in [2.24, 2.45) is 0 Å². The Labute approximate surface area is 113 Å². The van der Waals surface area contributed by atoms with Gasteiger partial charge in [-0.15, -0.1) is 0 Å². The molecule has 0 saturated carbocycles. The molecule has 0 aromatic rings. The number of rotatable bonds is 9. The molecule has 0 aliphatic rings. The van der Waals surface area contributed by atoms with Crippen LogP contribution in [0.4, 0.5) is 0 Å². The molecule has 17 heavy (non-hydrogen) atoms. The highest BCUT2D eigenvalue weighted by atomic mass is 32.9. The quantitative estimate of drug-likeness (QED) is 0.225. The second-order valence-electron chi connectivity index (χ2n) is 3.65. The summed E-state index contributed by atoms with van der Waals surface area (Å²) in [4.78, 5) is 20.1. The molecule has 7 heteroatoms. The minimum atomic E-state index is -2.80. The Morgan fingerprint density at radius 1 is 1.35 bits per heavy atom. The number of carbonyl (C=O) groups is 1. The van der Waals surface area contributed by atoms with Crippen molar-refractivity contribution in [3.63, 3.8) is 0 Å². The van der Waals surface area contributed by atoms with E-state index in [1.807, 2.05) is 0 Å². The monoisotopic (exact) mass is 298 g/mol. The lowest BCUT2D eigenvalue weighted by Gasteiger charge is -2.08. The summed E-state index contributed by atoms with van der Waals surface area (Å²) < 4.78 is 9.89. The van der Waals surface area contributed by atoms with Gasteiger partial charge in [-0.25, -0.2) is 4.79 Å². The van der Waals surface area contributed by atoms with E-state index in [2.05, 4.69) is 30.6 Å². The Morgan fingerprint density at radius 2 is 1.88 bits per heavy atom. The van der Waals surface area contributed by atoms with Crippen LogP contribution in [-0.4, -0.2) is 24.1 Å². The first kappa shape index (κ1) is 17.1. The van der Waals surface area contributed by atoms with E-state index in [4.69, 9.17) is 14.2 Å². The molecular weight excluding hydrogens is 279 g/mol. The van der Waals surface area contributed by atoms with Crippen molar-refractivity contribution in [1.29, 1.82) is 0 Å². The predicted octanol–water partition coefficient (Wildman–Crippen LogP) is 2.83. The fourth-order valence-electron chi connectivity index (χ4n) is 1.03. The Kier molecular flexibility index (Phi) is 9.18. The summed E-state index contributed by atoms with van der Waals surface area (Å²) in [6.07, 6.45) is 3.50. The molecule has 0 radical (unpaired) electrons. The summed E-state index contributed by atoms with van der Waals surface area (Å²) in [6.45, 7) is 5.94. The summed E-state index contributed by atoms with van der Waals surface area (Å²) in [5.41, 5.74) is -2.39. The van der Waals surface area contributed by atoms with Gasteiger partial charge in [-0.05, 0) is 38.0 Å². The van der Waals surface area contributed by atoms with Gasteiger partial charge in [-0.2, -0.15) is 0 Å². The highest BCUT2D eigenvalue weighted by Gasteiger charge is 2.05. The Bertz CT molecular complexity index is 301. The van der Waals surface area contributed by atoms with Gasteiger partial charge in [-0.1, -0.05) is 25.2 Å². The van der Waals surface area contributed by atoms with Gasteiger partial charge in [0.1, 0.15) is 0 Å². The average Bonchev–Trinajstić information content (AvgIpc) is 2.19. The number of unbranched alkanes of at least 4 members (excludes halogenated alkanes) is 3. The first-order valence-corrected chi connectivity index (χ1v) is 9.18. The Hall–Kier alpha value is 0.130. The lowest BCUT2D eigenvalue weighted by Crippen LogP contribution is -2.06. The maximum Gasteiger partial charge on any atom is 0.333 e. The van der Waals surface area contributed by atoms with Gasteiger partial charge in [0, 0.05) is 5.57 Å². The van der Waals surface area contributed by atoms with Crippen molar-refractivity contribution >= 4 is 35.7 Å². The van der Waals surface area contributed by atoms with E-state index >= 15 is 0 Å². The van der Waals surface area contributed by atoms with Gasteiger partial charge in [0.25, 0.3) is 0 Å². The van der Waals surface area contributed by atoms with Crippen molar-refractivity contribution in [2.45, 2.75) is 32.6 Å². The summed E-state index contributed by atoms with van der Waals surface area (Å²) in [6, 6.07) is 0. The lowest BCUT2D eigenvalue weighted by atomic mass is 10.2. The summed E-state index contributed by atoms with van der Waals surface area (Å²) >= 11 is 8.35. The summed E-state index contributed by atoms with van der Waals surface area (Å²) in [5, 5.41) is 0. The molecule has 100 valence electrons. The van der Waals surface area contributed by atoms with E-state index in [0.29, 0.717) is 18.8 Å². The Morgan fingerprint density at radius 3 is 2.35 bits per heavy atom. The maximum absolute atomic E-state index is 11.0. The summed E-state index contributed by atoms with van der Waals surface area (Å²) in [5.74, 6) is -0.343. The lowest BCUT2D eigenvalue weighted by molar-refractivity contribution is -0.139. The zero-order chi connectivity index (χ0) is 13.3. The van der Waals surface area contributed by atoms with Crippen LogP contribution in [-0.2, 0) is 25.9 Å². The van der Waals surface area contributed by atoms with Gasteiger partial charge in [0.15, 0.2) is 0 Å². The number of hydrogen-bond donors (Lipinski definition) is 2. The van der Waals surface area contributed by atoms with E-state index in [9.17, 15) is 4.79 Å². The minimum Gasteiger partial charge on any atom is -0.462 e. The van der Waals surface area contributed by atoms with Crippen molar-refractivity contribution in [3.8, 4) is 0 Å². The van der Waals surface area contributed by atoms with Crippen LogP contribution >= 0.6 is 17.9 Å². The highest BCUT2D eigenvalue weighted by molar-refractivity contribution is 8.59. The van der Waals surface area contributed by atoms with Gasteiger partial charge < -0.3 is 14.2 Å². The molecule has 1 atom stereocenters. The fourth-order valence-corrected chi connectivity index (χ4v) is 1.86. The van der Waals surface area contributed by atoms with Gasteiger partial charge in [0.2, 0.25) is 5.69 Å². The van der Waals surface area contributed by atoms with E-state index in [1.165, 1.54) is 0 Å². The van der Waals surface area contributed by atoms with E-state index in [0.717, 1.165) is 25.7 Å². The molecule has 0 aliphatic heterocycles. The van der Waals surface area contributed by atoms with Crippen molar-refractivity contribution in [1.82, 2.24) is 0 Å². The molecule has 0 bridgehead atoms. The standard InChI is InChI=1S/C10H19O4PS2/c1-9(2)10(11)13-7-5-3-4-6-8-14-15(12,16)17/h1,3-8H2,2H3,(H2,12,16,17). The molecule has 0 fully saturated rings. The summed E-state index contributed by atoms with van der Waals surface area (Å²) in [7, 11) is 0. The SMILES string of the molecule is C=C(C)C(=O)OCCCCCCOP(O)(=S)S. The third-order valence-electron chi connectivity index (χ3n) is 1.88. The molecule has 4 nitrogen and oxygen atoms in total. The first-order valence-electron chi connectivity index (χ1n) is 5.35. The number of esters is 1. The molecule has 0 amide bonds. The number of ether oxygens (including phenoxy) is 1. The molecule has 0 aromatic heterocycles. The van der Waals surface area contributed by atoms with Crippen LogP contribution in [0, 0.1) is 0 Å². The normalized spacial score (nSPS) is 14.1. The van der Waals surface area contributed by atoms with Crippen LogP contribution in [0.3, 0.4) is 0 Å². The van der Waals surface area contributed by atoms with Crippen LogP contribution in [0.15, 0.2) is 12.2 Å². The average molecular weight is 298 g/mol. The molecule has 0 saturated heterocycles. The smallest absolute Gasteiger partial charge is 0.333 e. The van der Waals surface area contributed by atoms with E-state index in [1.54, 1.807) is 6.92 Å². The topological polar surface area (TPSA) is 55.8 Å². The van der Waals surface area contributed by atoms with Crippen molar-refractivity contribution in [2.75, 3.05) is 13.2 Å². The van der Waals surface area contributed by atoms with Crippen molar-refractivity contribution in [3.05, 3.63) is 12.2 Å². The molecule has 1 N–H and O–H groups in total. The number of thiol groups is 1. The predicted molar refractivity (Wildman–Crippen MR) is 75.7 cm³/mol. The number of hydrogen-bond acceptors (Lipinski definition) is 4. The largest absolute Gasteiger partial charge is 0.462 e. The van der Waals surface area contributed by atoms with E-state index < -0.39 is 5.69 Å². The van der Waals surface area contributed by atoms with Crippen LogP contribution in [0.25, 0.3) is 0 Å². The molecule has 1 unspecified atom stereocenters. The molecule has 0 aliphatic carbocycles. The number of carbonyl (C=O) groups excluding carboxylic acids is 1. The molecule has 0 rings (SSSR count). The van der Waals surface area contributed by atoms with Crippen LogP contribution in [0.2, 0.25) is 0 Å². The van der Waals surface area contributed by atoms with E-state index in [-0.39, 0.29) is 5.97 Å². The van der Waals surface area contributed by atoms with Gasteiger partial charge in [0.05, 0.1) is 13.2 Å². The third-order valence-corrected chi connectivity index (χ3v) is 3.06. The maximum atomic E-state index is 11.0. The van der Waals surface area contributed by atoms with Crippen LogP contribution < -0.4 is 0 Å². The van der Waals surface area contributed by atoms with Gasteiger partial charge in [-0.3, -0.25) is 0 Å². The zero-order valence-electron chi connectivity index (χ0n) is 9.92. The van der Waals surface area contributed by atoms with Gasteiger partial charge >= 0.3 is 5.97 Å². The molecular formula is C10H19O4PS2. The minimum absolute atomic E-state index is 0.343. The molecule has 0 aromatic carbocycles. The molecule has 0 spiro atoms. The first-order chi connectivity index (χ1) is 7.83. The van der Waals surface area contributed by atoms with Crippen molar-refractivity contribution < 1.29 is 18.9 Å². The molecule has 0 heterocycles. The highest BCUT2D eigenvalue weighted by Crippen LogP contribution is 2.47. The second kappa shape index (κ2) is 9.11. The Balaban J connectivity index is 3.28.